The lowest BCUT2D eigenvalue weighted by molar-refractivity contribution is 0.960. The fourth-order valence-electron chi connectivity index (χ4n) is 1.74. The summed E-state index contributed by atoms with van der Waals surface area (Å²) in [4.78, 5) is 0. The predicted octanol–water partition coefficient (Wildman–Crippen LogP) is 4.96. The van der Waals surface area contributed by atoms with Crippen LogP contribution in [0.2, 0.25) is 5.02 Å². The number of hydrogen-bond donors (Lipinski definition) is 0. The van der Waals surface area contributed by atoms with Crippen molar-refractivity contribution in [2.75, 3.05) is 0 Å². The Balaban J connectivity index is 2.64. The zero-order valence-corrected chi connectivity index (χ0v) is 14.0. The summed E-state index contributed by atoms with van der Waals surface area (Å²) < 4.78 is 4.91. The van der Waals surface area contributed by atoms with Crippen molar-refractivity contribution in [3.63, 3.8) is 0 Å². The number of aromatic nitrogens is 1. The van der Waals surface area contributed by atoms with Gasteiger partial charge in [-0.15, -0.1) is 0 Å². The van der Waals surface area contributed by atoms with Crippen molar-refractivity contribution < 1.29 is 0 Å². The normalized spacial score (nSPS) is 10.8. The standard InChI is InChI=1S/C12H10ClI2N/c1-7-11(14)12(15)8(2)16(7)10-5-3-9(13)4-6-10/h3-6H,1-2H3. The minimum atomic E-state index is 0.774. The van der Waals surface area contributed by atoms with Gasteiger partial charge in [-0.25, -0.2) is 0 Å². The fraction of sp³-hybridized carbons (Fsp3) is 0.167. The van der Waals surface area contributed by atoms with E-state index in [1.165, 1.54) is 24.2 Å². The Labute approximate surface area is 127 Å². The summed E-state index contributed by atoms with van der Waals surface area (Å²) in [5.74, 6) is 0. The van der Waals surface area contributed by atoms with Gasteiger partial charge in [-0.2, -0.15) is 0 Å². The summed E-state index contributed by atoms with van der Waals surface area (Å²) in [6, 6.07) is 7.95. The second kappa shape index (κ2) is 4.86. The summed E-state index contributed by atoms with van der Waals surface area (Å²) >= 11 is 10.7. The molecule has 1 aromatic heterocycles. The molecule has 2 rings (SSSR count). The highest BCUT2D eigenvalue weighted by Crippen LogP contribution is 2.28. The molecule has 16 heavy (non-hydrogen) atoms. The topological polar surface area (TPSA) is 4.93 Å². The van der Waals surface area contributed by atoms with Crippen molar-refractivity contribution in [3.8, 4) is 5.69 Å². The van der Waals surface area contributed by atoms with Gasteiger partial charge in [0.25, 0.3) is 0 Å². The molecule has 0 aliphatic carbocycles. The van der Waals surface area contributed by atoms with Crippen molar-refractivity contribution in [2.24, 2.45) is 0 Å². The highest BCUT2D eigenvalue weighted by atomic mass is 127. The fourth-order valence-corrected chi connectivity index (χ4v) is 3.13. The number of nitrogens with zero attached hydrogens (tertiary/aromatic N) is 1. The number of rotatable bonds is 1. The van der Waals surface area contributed by atoms with E-state index in [1.54, 1.807) is 0 Å². The van der Waals surface area contributed by atoms with E-state index in [9.17, 15) is 0 Å². The maximum Gasteiger partial charge on any atom is 0.0477 e. The van der Waals surface area contributed by atoms with Gasteiger partial charge in [-0.05, 0) is 83.3 Å². The molecule has 0 bridgehead atoms. The van der Waals surface area contributed by atoms with E-state index in [0.717, 1.165) is 5.02 Å². The van der Waals surface area contributed by atoms with Crippen molar-refractivity contribution in [1.82, 2.24) is 4.57 Å². The van der Waals surface area contributed by atoms with E-state index < -0.39 is 0 Å². The van der Waals surface area contributed by atoms with Crippen LogP contribution in [0.15, 0.2) is 24.3 Å². The molecule has 0 saturated carbocycles. The molecule has 2 aromatic rings. The summed E-state index contributed by atoms with van der Waals surface area (Å²) in [7, 11) is 0. The molecule has 0 N–H and O–H groups in total. The highest BCUT2D eigenvalue weighted by molar-refractivity contribution is 14.1. The van der Waals surface area contributed by atoms with Gasteiger partial charge in [0.1, 0.15) is 0 Å². The Morgan fingerprint density at radius 1 is 0.938 bits per heavy atom. The summed E-state index contributed by atoms with van der Waals surface area (Å²) in [5, 5.41) is 0.774. The van der Waals surface area contributed by atoms with Crippen molar-refractivity contribution in [3.05, 3.63) is 47.8 Å². The molecule has 0 radical (unpaired) electrons. The zero-order chi connectivity index (χ0) is 11.9. The van der Waals surface area contributed by atoms with Gasteiger partial charge < -0.3 is 4.57 Å². The SMILES string of the molecule is Cc1c(I)c(I)c(C)n1-c1ccc(Cl)cc1. The molecule has 0 fully saturated rings. The smallest absolute Gasteiger partial charge is 0.0477 e. The molecule has 0 unspecified atom stereocenters. The molecule has 1 heterocycles. The molecule has 0 aliphatic rings. The first-order valence-corrected chi connectivity index (χ1v) is 7.34. The van der Waals surface area contributed by atoms with Gasteiger partial charge in [0.15, 0.2) is 0 Å². The number of benzene rings is 1. The molecule has 0 aliphatic heterocycles. The van der Waals surface area contributed by atoms with Gasteiger partial charge in [-0.3, -0.25) is 0 Å². The van der Waals surface area contributed by atoms with Crippen LogP contribution < -0.4 is 0 Å². The Kier molecular flexibility index (Phi) is 3.86. The predicted molar refractivity (Wildman–Crippen MR) is 85.7 cm³/mol. The Morgan fingerprint density at radius 2 is 1.38 bits per heavy atom. The van der Waals surface area contributed by atoms with Crippen LogP contribution in [0.1, 0.15) is 11.4 Å². The summed E-state index contributed by atoms with van der Waals surface area (Å²) in [6.45, 7) is 4.29. The molecular weight excluding hydrogens is 447 g/mol. The molecule has 4 heteroatoms. The highest BCUT2D eigenvalue weighted by Gasteiger charge is 2.14. The minimum absolute atomic E-state index is 0.774. The van der Waals surface area contributed by atoms with Crippen molar-refractivity contribution in [2.45, 2.75) is 13.8 Å². The largest absolute Gasteiger partial charge is 0.316 e. The molecule has 0 atom stereocenters. The van der Waals surface area contributed by atoms with E-state index in [2.05, 4.69) is 75.7 Å². The van der Waals surface area contributed by atoms with Gasteiger partial charge in [0.05, 0.1) is 0 Å². The second-order valence-electron chi connectivity index (χ2n) is 3.61. The van der Waals surface area contributed by atoms with Crippen LogP contribution in [0.4, 0.5) is 0 Å². The van der Waals surface area contributed by atoms with E-state index >= 15 is 0 Å². The molecule has 1 nitrogen and oxygen atoms in total. The van der Waals surface area contributed by atoms with Crippen LogP contribution in [0.5, 0.6) is 0 Å². The van der Waals surface area contributed by atoms with Crippen LogP contribution >= 0.6 is 56.8 Å². The average Bonchev–Trinajstić information content (AvgIpc) is 2.46. The van der Waals surface area contributed by atoms with Crippen LogP contribution in [-0.2, 0) is 0 Å². The lowest BCUT2D eigenvalue weighted by atomic mass is 10.3. The third-order valence-corrected chi connectivity index (χ3v) is 6.51. The first-order chi connectivity index (χ1) is 7.52. The maximum absolute atomic E-state index is 5.90. The summed E-state index contributed by atoms with van der Waals surface area (Å²) in [5.41, 5.74) is 3.73. The van der Waals surface area contributed by atoms with E-state index in [-0.39, 0.29) is 0 Å². The lowest BCUT2D eigenvalue weighted by Crippen LogP contribution is -1.98. The molecule has 84 valence electrons. The third kappa shape index (κ3) is 2.13. The van der Waals surface area contributed by atoms with E-state index in [0.29, 0.717) is 0 Å². The van der Waals surface area contributed by atoms with Crippen LogP contribution in [0.25, 0.3) is 5.69 Å². The Morgan fingerprint density at radius 3 is 1.81 bits per heavy atom. The number of hydrogen-bond acceptors (Lipinski definition) is 0. The molecule has 0 spiro atoms. The molecule has 0 saturated heterocycles. The van der Waals surface area contributed by atoms with E-state index in [4.69, 9.17) is 11.6 Å². The van der Waals surface area contributed by atoms with Crippen LogP contribution in [-0.4, -0.2) is 4.57 Å². The zero-order valence-electron chi connectivity index (χ0n) is 8.89. The first-order valence-electron chi connectivity index (χ1n) is 4.81. The Hall–Kier alpha value is 0.250. The molecule has 0 amide bonds. The Bertz CT molecular complexity index is 503. The monoisotopic (exact) mass is 457 g/mol. The lowest BCUT2D eigenvalue weighted by Gasteiger charge is -2.09. The molecule has 1 aromatic carbocycles. The van der Waals surface area contributed by atoms with Crippen LogP contribution in [0, 0.1) is 21.0 Å². The van der Waals surface area contributed by atoms with Gasteiger partial charge >= 0.3 is 0 Å². The van der Waals surface area contributed by atoms with Crippen LogP contribution in [0.3, 0.4) is 0 Å². The minimum Gasteiger partial charge on any atom is -0.316 e. The van der Waals surface area contributed by atoms with Crippen molar-refractivity contribution in [1.29, 1.82) is 0 Å². The van der Waals surface area contributed by atoms with Gasteiger partial charge in [0.2, 0.25) is 0 Å². The third-order valence-electron chi connectivity index (χ3n) is 2.58. The van der Waals surface area contributed by atoms with E-state index in [1.807, 2.05) is 12.1 Å². The van der Waals surface area contributed by atoms with Crippen molar-refractivity contribution >= 4 is 56.8 Å². The average molecular weight is 457 g/mol. The molecular formula is C12H10ClI2N. The van der Waals surface area contributed by atoms with Gasteiger partial charge in [0, 0.05) is 29.2 Å². The first kappa shape index (κ1) is 12.7. The number of halogens is 3. The second-order valence-corrected chi connectivity index (χ2v) is 6.20. The maximum atomic E-state index is 5.90. The summed E-state index contributed by atoms with van der Waals surface area (Å²) in [6.07, 6.45) is 0. The quantitative estimate of drug-likeness (QED) is 0.534. The van der Waals surface area contributed by atoms with Gasteiger partial charge in [-0.1, -0.05) is 11.6 Å².